The molecule has 4 aromatic rings. The van der Waals surface area contributed by atoms with E-state index in [0.29, 0.717) is 66.4 Å². The van der Waals surface area contributed by atoms with Crippen molar-refractivity contribution in [1.29, 1.82) is 5.26 Å². The summed E-state index contributed by atoms with van der Waals surface area (Å²) >= 11 is 15.0. The normalized spacial score (nSPS) is 15.0. The van der Waals surface area contributed by atoms with E-state index in [9.17, 15) is 19.4 Å². The van der Waals surface area contributed by atoms with Crippen molar-refractivity contribution in [1.82, 2.24) is 9.80 Å². The zero-order valence-corrected chi connectivity index (χ0v) is 32.6. The van der Waals surface area contributed by atoms with Crippen molar-refractivity contribution in [3.05, 3.63) is 109 Å². The van der Waals surface area contributed by atoms with Crippen LogP contribution in [0.1, 0.15) is 70.6 Å². The third-order valence-electron chi connectivity index (χ3n) is 9.72. The van der Waals surface area contributed by atoms with Crippen molar-refractivity contribution in [2.24, 2.45) is 0 Å². The molecular weight excluding hydrogens is 776 g/mol. The highest BCUT2D eigenvalue weighted by Gasteiger charge is 2.30. The highest BCUT2D eigenvalue weighted by molar-refractivity contribution is 9.10. The fourth-order valence-electron chi connectivity index (χ4n) is 6.98. The number of hydrogen-bond acceptors (Lipinski definition) is 6. The van der Waals surface area contributed by atoms with Crippen molar-refractivity contribution in [2.75, 3.05) is 46.1 Å². The minimum Gasteiger partial charge on any atom is -0.612 e. The summed E-state index contributed by atoms with van der Waals surface area (Å²) < 4.78 is 32.8. The number of fused-ring (bicyclic) bond motifs is 1. The summed E-state index contributed by atoms with van der Waals surface area (Å²) in [5.74, 6) is -1.46. The van der Waals surface area contributed by atoms with Crippen LogP contribution >= 0.6 is 39.1 Å². The van der Waals surface area contributed by atoms with Crippen LogP contribution in [0.4, 0.5) is 4.39 Å². The average molecular weight is 816 g/mol. The van der Waals surface area contributed by atoms with Gasteiger partial charge in [0.1, 0.15) is 18.6 Å². The molecule has 51 heavy (non-hydrogen) atoms. The maximum absolute atomic E-state index is 15.1. The van der Waals surface area contributed by atoms with Crippen LogP contribution in [0, 0.1) is 17.1 Å². The van der Waals surface area contributed by atoms with Crippen LogP contribution in [0.3, 0.4) is 0 Å². The van der Waals surface area contributed by atoms with Gasteiger partial charge in [0, 0.05) is 18.5 Å². The number of hydrogen-bond donors (Lipinski definition) is 0. The second-order valence-electron chi connectivity index (χ2n) is 12.8. The number of carbonyl (C=O) groups excluding carboxylic acids is 2. The van der Waals surface area contributed by atoms with Crippen LogP contribution in [0.25, 0.3) is 10.8 Å². The first-order valence-electron chi connectivity index (χ1n) is 16.8. The van der Waals surface area contributed by atoms with E-state index >= 15 is 4.39 Å². The fraction of sp³-hybridized carbons (Fsp3) is 0.359. The molecule has 1 aliphatic heterocycles. The molecule has 0 radical (unpaired) electrons. The van der Waals surface area contributed by atoms with Gasteiger partial charge in [0.2, 0.25) is 0 Å². The van der Waals surface area contributed by atoms with Crippen molar-refractivity contribution >= 4 is 73.0 Å². The van der Waals surface area contributed by atoms with E-state index in [1.807, 2.05) is 37.3 Å². The van der Waals surface area contributed by atoms with Crippen LogP contribution in [-0.2, 0) is 27.1 Å². The Bertz CT molecular complexity index is 1970. The van der Waals surface area contributed by atoms with E-state index in [1.165, 1.54) is 24.3 Å². The lowest BCUT2D eigenvalue weighted by Crippen LogP contribution is -2.41. The topological polar surface area (TPSA) is 96.7 Å². The van der Waals surface area contributed by atoms with E-state index in [0.717, 1.165) is 36.9 Å². The Morgan fingerprint density at radius 3 is 2.51 bits per heavy atom. The molecule has 5 rings (SSSR count). The van der Waals surface area contributed by atoms with Gasteiger partial charge in [-0.2, -0.15) is 5.26 Å². The van der Waals surface area contributed by atoms with Crippen LogP contribution in [0.5, 0.6) is 0 Å². The summed E-state index contributed by atoms with van der Waals surface area (Å²) in [6.07, 6.45) is 4.12. The van der Waals surface area contributed by atoms with E-state index < -0.39 is 17.1 Å². The molecule has 1 heterocycles. The Morgan fingerprint density at radius 2 is 1.86 bits per heavy atom. The largest absolute Gasteiger partial charge is 0.612 e. The standard InChI is InChI=1S/C39H39BrCl2FN3O4S/c1-4-29-28(21-44)17-26-7-5-6-8-30(26)38(29)39(48)46(23-37(47)50-2)22-27(25-9-10-33(41)34(42)18-25)13-16-45-14-11-24(12-15-45)31-19-32(40)36(51(3)49)20-35(31)43/h5-10,17-20,24,27H,4,11-16,22-23H2,1-3H3/t27-,51?/m1/s1. The van der Waals surface area contributed by atoms with Gasteiger partial charge in [0.25, 0.3) is 5.91 Å². The molecule has 0 saturated carbocycles. The lowest BCUT2D eigenvalue weighted by molar-refractivity contribution is -0.141. The van der Waals surface area contributed by atoms with Gasteiger partial charge in [-0.1, -0.05) is 60.5 Å². The lowest BCUT2D eigenvalue weighted by Gasteiger charge is -2.34. The SMILES string of the molecule is CCc1c(C#N)cc2ccccc2c1C(=O)N(CC(=O)OC)C[C@@H](CCN1CCC(c2cc(Br)c([S+](C)[O-])cc2F)CC1)c1ccc(Cl)c(Cl)c1. The predicted octanol–water partition coefficient (Wildman–Crippen LogP) is 8.89. The fourth-order valence-corrected chi connectivity index (χ4v) is 8.93. The second-order valence-corrected chi connectivity index (χ2v) is 15.8. The molecule has 1 saturated heterocycles. The second kappa shape index (κ2) is 17.6. The first kappa shape index (κ1) is 39.0. The summed E-state index contributed by atoms with van der Waals surface area (Å²) in [6.45, 7) is 3.98. The molecule has 268 valence electrons. The van der Waals surface area contributed by atoms with Crippen LogP contribution in [0.2, 0.25) is 10.0 Å². The molecule has 1 fully saturated rings. The number of likely N-dealkylation sites (tertiary alicyclic amines) is 1. The van der Waals surface area contributed by atoms with Crippen molar-refractivity contribution in [3.63, 3.8) is 0 Å². The Hall–Kier alpha value is -3.17. The van der Waals surface area contributed by atoms with Crippen LogP contribution in [-0.4, -0.2) is 72.3 Å². The Morgan fingerprint density at radius 1 is 1.14 bits per heavy atom. The molecule has 2 atom stereocenters. The van der Waals surface area contributed by atoms with Gasteiger partial charge >= 0.3 is 5.97 Å². The Balaban J connectivity index is 1.41. The molecule has 1 unspecified atom stereocenters. The number of nitrogens with zero attached hydrogens (tertiary/aromatic N) is 3. The van der Waals surface area contributed by atoms with Gasteiger partial charge in [-0.3, -0.25) is 9.59 Å². The van der Waals surface area contributed by atoms with E-state index in [-0.39, 0.29) is 36.6 Å². The maximum atomic E-state index is 15.1. The summed E-state index contributed by atoms with van der Waals surface area (Å²) in [6, 6.07) is 20.1. The number of piperidine rings is 1. The smallest absolute Gasteiger partial charge is 0.325 e. The van der Waals surface area contributed by atoms with Gasteiger partial charge < -0.3 is 19.1 Å². The van der Waals surface area contributed by atoms with Crippen molar-refractivity contribution in [2.45, 2.75) is 49.3 Å². The van der Waals surface area contributed by atoms with E-state index in [2.05, 4.69) is 26.9 Å². The van der Waals surface area contributed by atoms with Crippen molar-refractivity contribution in [3.8, 4) is 6.07 Å². The lowest BCUT2D eigenvalue weighted by atomic mass is 9.88. The van der Waals surface area contributed by atoms with Gasteiger partial charge in [-0.05, 0) is 130 Å². The highest BCUT2D eigenvalue weighted by atomic mass is 79.9. The van der Waals surface area contributed by atoms with Gasteiger partial charge in [0.05, 0.1) is 38.8 Å². The number of methoxy groups -OCH3 is 1. The molecule has 0 N–H and O–H groups in total. The molecular formula is C39H39BrCl2FN3O4S. The minimum atomic E-state index is -1.30. The number of rotatable bonds is 12. The molecule has 7 nitrogen and oxygen atoms in total. The van der Waals surface area contributed by atoms with Crippen LogP contribution < -0.4 is 0 Å². The first-order valence-corrected chi connectivity index (χ1v) is 19.9. The Kier molecular flexibility index (Phi) is 13.4. The summed E-state index contributed by atoms with van der Waals surface area (Å²) in [5, 5.41) is 12.3. The highest BCUT2D eigenvalue weighted by Crippen LogP contribution is 2.36. The van der Waals surface area contributed by atoms with Gasteiger partial charge in [0.15, 0.2) is 4.90 Å². The predicted molar refractivity (Wildman–Crippen MR) is 205 cm³/mol. The molecule has 0 bridgehead atoms. The Labute approximate surface area is 320 Å². The number of amides is 1. The number of benzene rings is 4. The zero-order chi connectivity index (χ0) is 36.8. The summed E-state index contributed by atoms with van der Waals surface area (Å²) in [4.78, 5) is 31.7. The maximum Gasteiger partial charge on any atom is 0.325 e. The average Bonchev–Trinajstić information content (AvgIpc) is 3.13. The third kappa shape index (κ3) is 9.08. The number of esters is 1. The number of nitriles is 1. The molecule has 0 aromatic heterocycles. The molecule has 0 aliphatic carbocycles. The van der Waals surface area contributed by atoms with E-state index in [4.69, 9.17) is 27.9 Å². The third-order valence-corrected chi connectivity index (χ3v) is 12.3. The zero-order valence-electron chi connectivity index (χ0n) is 28.7. The first-order chi connectivity index (χ1) is 24.4. The molecule has 4 aromatic carbocycles. The number of ether oxygens (including phenoxy) is 1. The van der Waals surface area contributed by atoms with Gasteiger partial charge in [-0.15, -0.1) is 0 Å². The summed E-state index contributed by atoms with van der Waals surface area (Å²) in [7, 11) is 1.29. The minimum absolute atomic E-state index is 0.0303. The summed E-state index contributed by atoms with van der Waals surface area (Å²) in [5.41, 5.74) is 2.95. The van der Waals surface area contributed by atoms with Gasteiger partial charge in [-0.25, -0.2) is 4.39 Å². The number of halogens is 4. The number of carbonyl (C=O) groups is 2. The monoisotopic (exact) mass is 813 g/mol. The van der Waals surface area contributed by atoms with Crippen LogP contribution in [0.15, 0.2) is 70.0 Å². The molecule has 12 heteroatoms. The molecule has 1 amide bonds. The quantitative estimate of drug-likeness (QED) is 0.105. The molecule has 1 aliphatic rings. The van der Waals surface area contributed by atoms with E-state index in [1.54, 1.807) is 24.3 Å². The molecule has 0 spiro atoms. The van der Waals surface area contributed by atoms with Crippen molar-refractivity contribution < 1.29 is 23.3 Å².